The fourth-order valence-electron chi connectivity index (χ4n) is 2.82. The third-order valence-corrected chi connectivity index (χ3v) is 7.61. The predicted molar refractivity (Wildman–Crippen MR) is 122 cm³/mol. The first-order chi connectivity index (χ1) is 13.2. The Kier molecular flexibility index (Phi) is 10.3. The normalized spacial score (nSPS) is 11.3. The first-order valence-electron chi connectivity index (χ1n) is 9.51. The molecule has 2 aromatic carbocycles. The molecule has 0 aliphatic heterocycles. The van der Waals surface area contributed by atoms with Crippen LogP contribution < -0.4 is 0 Å². The largest absolute Gasteiger partial charge is 0.466 e. The van der Waals surface area contributed by atoms with Gasteiger partial charge in [-0.25, -0.2) is 0 Å². The summed E-state index contributed by atoms with van der Waals surface area (Å²) in [6, 6.07) is 21.0. The number of rotatable bonds is 12. The van der Waals surface area contributed by atoms with Crippen LogP contribution in [-0.4, -0.2) is 22.8 Å². The molecule has 27 heavy (non-hydrogen) atoms. The summed E-state index contributed by atoms with van der Waals surface area (Å²) in [4.78, 5) is 14.6. The summed E-state index contributed by atoms with van der Waals surface area (Å²) in [7, 11) is 2.82. The van der Waals surface area contributed by atoms with Crippen LogP contribution in [0, 0.1) is 0 Å². The van der Waals surface area contributed by atoms with Gasteiger partial charge in [0, 0.05) is 16.2 Å². The lowest BCUT2D eigenvalue weighted by Gasteiger charge is -2.33. The van der Waals surface area contributed by atoms with E-state index in [0.717, 1.165) is 25.4 Å². The third kappa shape index (κ3) is 8.29. The van der Waals surface area contributed by atoms with Crippen molar-refractivity contribution in [3.8, 4) is 0 Å². The van der Waals surface area contributed by atoms with E-state index in [-0.39, 0.29) is 10.0 Å². The Morgan fingerprint density at radius 1 is 0.926 bits per heavy atom. The molecule has 5 heteroatoms. The highest BCUT2D eigenvalue weighted by molar-refractivity contribution is 8.18. The number of ether oxygens (including phenoxy) is 1. The standard InChI is InChI=1S/C22H29O2PS2/c1-2-24-21(23)15-17-22(16-9-10-18-25,26-19-11-5-3-6-12-19)27-20-13-7-4-8-14-20/h3-8,11-14H,2,9-10,15-18,25H2,1H3. The van der Waals surface area contributed by atoms with Crippen molar-refractivity contribution >= 4 is 38.7 Å². The topological polar surface area (TPSA) is 26.3 Å². The summed E-state index contributed by atoms with van der Waals surface area (Å²) in [6.07, 6.45) is 5.73. The molecule has 0 heterocycles. The number of carbonyl (C=O) groups is 1. The monoisotopic (exact) mass is 420 g/mol. The quantitative estimate of drug-likeness (QED) is 0.126. The molecule has 0 fully saturated rings. The van der Waals surface area contributed by atoms with Gasteiger partial charge in [-0.3, -0.25) is 4.79 Å². The number of hydrogen-bond donors (Lipinski definition) is 0. The Morgan fingerprint density at radius 2 is 1.48 bits per heavy atom. The molecule has 0 aliphatic rings. The molecule has 0 radical (unpaired) electrons. The Bertz CT molecular complexity index is 623. The molecule has 0 amide bonds. The molecule has 2 nitrogen and oxygen atoms in total. The van der Waals surface area contributed by atoms with E-state index in [4.69, 9.17) is 4.74 Å². The molecule has 0 aliphatic carbocycles. The minimum absolute atomic E-state index is 0.0880. The Hall–Kier alpha value is -0.960. The molecule has 0 N–H and O–H groups in total. The van der Waals surface area contributed by atoms with E-state index in [1.807, 2.05) is 42.6 Å². The molecule has 0 spiro atoms. The van der Waals surface area contributed by atoms with Crippen LogP contribution in [0.2, 0.25) is 0 Å². The lowest BCUT2D eigenvalue weighted by molar-refractivity contribution is -0.143. The van der Waals surface area contributed by atoms with Gasteiger partial charge in [0.2, 0.25) is 0 Å². The van der Waals surface area contributed by atoms with Crippen LogP contribution >= 0.6 is 32.8 Å². The minimum Gasteiger partial charge on any atom is -0.466 e. The van der Waals surface area contributed by atoms with E-state index < -0.39 is 0 Å². The first-order valence-corrected chi connectivity index (χ1v) is 12.0. The highest BCUT2D eigenvalue weighted by Gasteiger charge is 2.33. The summed E-state index contributed by atoms with van der Waals surface area (Å²) in [5, 5.41) is 0. The van der Waals surface area contributed by atoms with Gasteiger partial charge in [-0.1, -0.05) is 42.8 Å². The molecule has 2 rings (SSSR count). The summed E-state index contributed by atoms with van der Waals surface area (Å²) < 4.78 is 5.11. The van der Waals surface area contributed by atoms with Crippen molar-refractivity contribution in [1.82, 2.24) is 0 Å². The lowest BCUT2D eigenvalue weighted by atomic mass is 10.1. The van der Waals surface area contributed by atoms with Crippen LogP contribution in [0.4, 0.5) is 0 Å². The van der Waals surface area contributed by atoms with Gasteiger partial charge in [-0.15, -0.1) is 32.8 Å². The smallest absolute Gasteiger partial charge is 0.305 e. The fourth-order valence-corrected chi connectivity index (χ4v) is 6.20. The first kappa shape index (κ1) is 22.3. The number of hydrogen-bond acceptors (Lipinski definition) is 4. The van der Waals surface area contributed by atoms with Crippen molar-refractivity contribution < 1.29 is 9.53 Å². The van der Waals surface area contributed by atoms with Gasteiger partial charge in [-0.2, -0.15) is 0 Å². The van der Waals surface area contributed by atoms with E-state index >= 15 is 0 Å². The van der Waals surface area contributed by atoms with Crippen molar-refractivity contribution in [2.75, 3.05) is 12.8 Å². The molecule has 0 aromatic heterocycles. The zero-order valence-electron chi connectivity index (χ0n) is 15.9. The molecule has 0 saturated carbocycles. The maximum absolute atomic E-state index is 12.1. The number of esters is 1. The van der Waals surface area contributed by atoms with Crippen molar-refractivity contribution in [2.45, 2.75) is 52.9 Å². The number of thioether (sulfide) groups is 2. The van der Waals surface area contributed by atoms with E-state index in [2.05, 4.69) is 57.8 Å². The van der Waals surface area contributed by atoms with Crippen molar-refractivity contribution in [3.63, 3.8) is 0 Å². The number of carbonyl (C=O) groups excluding carboxylic acids is 1. The second-order valence-electron chi connectivity index (χ2n) is 6.29. The molecule has 0 bridgehead atoms. The Balaban J connectivity index is 2.25. The second kappa shape index (κ2) is 12.5. The van der Waals surface area contributed by atoms with Crippen molar-refractivity contribution in [2.24, 2.45) is 0 Å². The van der Waals surface area contributed by atoms with Gasteiger partial charge >= 0.3 is 5.97 Å². The van der Waals surface area contributed by atoms with E-state index in [0.29, 0.717) is 13.0 Å². The van der Waals surface area contributed by atoms with Crippen LogP contribution in [0.3, 0.4) is 0 Å². The van der Waals surface area contributed by atoms with E-state index in [9.17, 15) is 4.79 Å². The highest BCUT2D eigenvalue weighted by atomic mass is 32.2. The molecule has 146 valence electrons. The summed E-state index contributed by atoms with van der Waals surface area (Å²) in [6.45, 7) is 2.30. The van der Waals surface area contributed by atoms with Gasteiger partial charge in [-0.05, 0) is 56.6 Å². The van der Waals surface area contributed by atoms with Crippen molar-refractivity contribution in [1.29, 1.82) is 0 Å². The Labute approximate surface area is 174 Å². The molecule has 2 aromatic rings. The molecule has 1 unspecified atom stereocenters. The average molecular weight is 421 g/mol. The zero-order chi connectivity index (χ0) is 19.4. The second-order valence-corrected chi connectivity index (χ2v) is 10.0. The SMILES string of the molecule is CCOC(=O)CCC(CCCCP)(Sc1ccccc1)Sc1ccccc1. The van der Waals surface area contributed by atoms with Crippen LogP contribution in [0.15, 0.2) is 70.5 Å². The summed E-state index contributed by atoms with van der Waals surface area (Å²) in [5.41, 5.74) is 0. The van der Waals surface area contributed by atoms with Gasteiger partial charge < -0.3 is 4.74 Å². The van der Waals surface area contributed by atoms with Gasteiger partial charge in [0.05, 0.1) is 10.7 Å². The summed E-state index contributed by atoms with van der Waals surface area (Å²) >= 11 is 3.78. The molecular weight excluding hydrogens is 391 g/mol. The van der Waals surface area contributed by atoms with Gasteiger partial charge in [0.25, 0.3) is 0 Å². The number of benzene rings is 2. The molecular formula is C22H29O2PS2. The van der Waals surface area contributed by atoms with Gasteiger partial charge in [0.15, 0.2) is 0 Å². The average Bonchev–Trinajstić information content (AvgIpc) is 2.68. The molecule has 1 atom stereocenters. The van der Waals surface area contributed by atoms with Crippen molar-refractivity contribution in [3.05, 3.63) is 60.7 Å². The Morgan fingerprint density at radius 3 is 1.96 bits per heavy atom. The van der Waals surface area contributed by atoms with Gasteiger partial charge in [0.1, 0.15) is 0 Å². The maximum atomic E-state index is 12.1. The highest BCUT2D eigenvalue weighted by Crippen LogP contribution is 2.51. The lowest BCUT2D eigenvalue weighted by Crippen LogP contribution is -2.22. The molecule has 0 saturated heterocycles. The predicted octanol–water partition coefficient (Wildman–Crippen LogP) is 6.66. The minimum atomic E-state index is -0.102. The van der Waals surface area contributed by atoms with E-state index in [1.165, 1.54) is 16.2 Å². The maximum Gasteiger partial charge on any atom is 0.305 e. The third-order valence-electron chi connectivity index (χ3n) is 4.12. The van der Waals surface area contributed by atoms with E-state index in [1.54, 1.807) is 0 Å². The zero-order valence-corrected chi connectivity index (χ0v) is 18.7. The summed E-state index contributed by atoms with van der Waals surface area (Å²) in [5.74, 6) is -0.102. The number of unbranched alkanes of at least 4 members (excludes halogenated alkanes) is 1. The fraction of sp³-hybridized carbons (Fsp3) is 0.409. The van der Waals surface area contributed by atoms with Crippen LogP contribution in [-0.2, 0) is 9.53 Å². The van der Waals surface area contributed by atoms with Crippen LogP contribution in [0.25, 0.3) is 0 Å². The van der Waals surface area contributed by atoms with Crippen LogP contribution in [0.5, 0.6) is 0 Å². The van der Waals surface area contributed by atoms with Crippen LogP contribution in [0.1, 0.15) is 39.0 Å².